The van der Waals surface area contributed by atoms with Gasteiger partial charge in [-0.25, -0.2) is 0 Å². The van der Waals surface area contributed by atoms with Crippen molar-refractivity contribution >= 4 is 28.4 Å². The minimum Gasteiger partial charge on any atom is -0.507 e. The molecule has 4 aromatic rings. The van der Waals surface area contributed by atoms with Crippen molar-refractivity contribution in [1.29, 1.82) is 0 Å². The summed E-state index contributed by atoms with van der Waals surface area (Å²) in [5.74, 6) is -0.749. The number of Topliss-reactive ketones (excluding diaryl/α,β-unsaturated/α-hetero) is 1. The largest absolute Gasteiger partial charge is 0.507 e. The number of amides is 1. The summed E-state index contributed by atoms with van der Waals surface area (Å²) in [6.07, 6.45) is 5.13. The summed E-state index contributed by atoms with van der Waals surface area (Å²) in [6.45, 7) is 4.24. The van der Waals surface area contributed by atoms with Crippen molar-refractivity contribution in [3.8, 4) is 5.75 Å². The van der Waals surface area contributed by atoms with Gasteiger partial charge in [-0.05, 0) is 47.4 Å². The van der Waals surface area contributed by atoms with E-state index in [1.165, 1.54) is 4.90 Å². The molecule has 1 amide bonds. The van der Waals surface area contributed by atoms with Crippen LogP contribution in [0.1, 0.15) is 48.1 Å². The van der Waals surface area contributed by atoms with E-state index >= 15 is 0 Å². The third kappa shape index (κ3) is 3.92. The molecular formula is C29H27N3O4. The summed E-state index contributed by atoms with van der Waals surface area (Å²) in [6, 6.07) is 15.9. The maximum atomic E-state index is 13.4. The van der Waals surface area contributed by atoms with Gasteiger partial charge in [-0.2, -0.15) is 0 Å². The highest BCUT2D eigenvalue weighted by molar-refractivity contribution is 6.46. The Hall–Kier alpha value is -4.39. The third-order valence-electron chi connectivity index (χ3n) is 6.66. The third-order valence-corrected chi connectivity index (χ3v) is 6.66. The zero-order valence-corrected chi connectivity index (χ0v) is 20.4. The zero-order chi connectivity index (χ0) is 25.4. The van der Waals surface area contributed by atoms with Crippen molar-refractivity contribution < 1.29 is 19.4 Å². The van der Waals surface area contributed by atoms with Gasteiger partial charge in [-0.1, -0.05) is 38.1 Å². The van der Waals surface area contributed by atoms with E-state index in [1.54, 1.807) is 43.9 Å². The molecule has 2 aromatic carbocycles. The molecule has 2 N–H and O–H groups in total. The van der Waals surface area contributed by atoms with Crippen molar-refractivity contribution in [3.63, 3.8) is 0 Å². The SMILES string of the molecule is COc1ccc(/C(O)=C2\C(=O)C(=O)N(Cc3cccnc3)C2c2c[nH]c3ccccc23)cc1C(C)C. The van der Waals surface area contributed by atoms with Crippen molar-refractivity contribution in [2.45, 2.75) is 32.4 Å². The van der Waals surface area contributed by atoms with Crippen LogP contribution < -0.4 is 4.74 Å². The minimum atomic E-state index is -0.772. The number of ether oxygens (including phenoxy) is 1. The van der Waals surface area contributed by atoms with Crippen LogP contribution in [0.2, 0.25) is 0 Å². The number of benzene rings is 2. The number of para-hydroxylation sites is 1. The van der Waals surface area contributed by atoms with Crippen LogP contribution in [-0.4, -0.2) is 38.8 Å². The van der Waals surface area contributed by atoms with Crippen LogP contribution >= 0.6 is 0 Å². The van der Waals surface area contributed by atoms with Crippen LogP contribution in [-0.2, 0) is 16.1 Å². The van der Waals surface area contributed by atoms with Gasteiger partial charge in [0.15, 0.2) is 0 Å². The fraction of sp³-hybridized carbons (Fsp3) is 0.207. The summed E-state index contributed by atoms with van der Waals surface area (Å²) in [5.41, 5.74) is 3.83. The van der Waals surface area contributed by atoms with Crippen LogP contribution in [0.4, 0.5) is 0 Å². The molecule has 0 aliphatic carbocycles. The van der Waals surface area contributed by atoms with Gasteiger partial charge < -0.3 is 19.7 Å². The number of hydrogen-bond acceptors (Lipinski definition) is 5. The Morgan fingerprint density at radius 2 is 1.94 bits per heavy atom. The van der Waals surface area contributed by atoms with Gasteiger partial charge in [-0.3, -0.25) is 14.6 Å². The van der Waals surface area contributed by atoms with E-state index < -0.39 is 17.7 Å². The predicted molar refractivity (Wildman–Crippen MR) is 137 cm³/mol. The van der Waals surface area contributed by atoms with Gasteiger partial charge in [0.05, 0.1) is 18.7 Å². The first-order valence-corrected chi connectivity index (χ1v) is 11.8. The lowest BCUT2D eigenvalue weighted by Gasteiger charge is -2.25. The Kier molecular flexibility index (Phi) is 6.06. The highest BCUT2D eigenvalue weighted by Gasteiger charge is 2.47. The molecule has 0 spiro atoms. The van der Waals surface area contributed by atoms with Crippen LogP contribution in [0.5, 0.6) is 5.75 Å². The molecule has 1 unspecified atom stereocenters. The Labute approximate surface area is 209 Å². The molecule has 7 heteroatoms. The number of H-pyrrole nitrogens is 1. The second kappa shape index (κ2) is 9.34. The Bertz CT molecular complexity index is 1490. The normalized spacial score (nSPS) is 17.3. The summed E-state index contributed by atoms with van der Waals surface area (Å²) in [5, 5.41) is 12.4. The highest BCUT2D eigenvalue weighted by Crippen LogP contribution is 2.43. The number of nitrogens with one attached hydrogen (secondary N) is 1. The number of likely N-dealkylation sites (tertiary alicyclic amines) is 1. The smallest absolute Gasteiger partial charge is 0.295 e. The van der Waals surface area contributed by atoms with Gasteiger partial charge in [0, 0.05) is 47.2 Å². The highest BCUT2D eigenvalue weighted by atomic mass is 16.5. The molecule has 0 saturated carbocycles. The van der Waals surface area contributed by atoms with E-state index in [-0.39, 0.29) is 23.8 Å². The van der Waals surface area contributed by atoms with Crippen molar-refractivity contribution in [1.82, 2.24) is 14.9 Å². The quantitative estimate of drug-likeness (QED) is 0.221. The maximum Gasteiger partial charge on any atom is 0.295 e. The first kappa shape index (κ1) is 23.4. The average molecular weight is 482 g/mol. The van der Waals surface area contributed by atoms with Crippen molar-refractivity contribution in [3.05, 3.63) is 101 Å². The molecule has 36 heavy (non-hydrogen) atoms. The number of aromatic nitrogens is 2. The van der Waals surface area contributed by atoms with Crippen molar-refractivity contribution in [2.24, 2.45) is 0 Å². The number of pyridine rings is 1. The van der Waals surface area contributed by atoms with E-state index in [4.69, 9.17) is 4.74 Å². The second-order valence-corrected chi connectivity index (χ2v) is 9.19. The van der Waals surface area contributed by atoms with E-state index in [2.05, 4.69) is 9.97 Å². The van der Waals surface area contributed by atoms with Gasteiger partial charge in [-0.15, -0.1) is 0 Å². The number of aliphatic hydroxyl groups is 1. The number of ketones is 1. The number of nitrogens with zero attached hydrogens (tertiary/aromatic N) is 2. The monoisotopic (exact) mass is 481 g/mol. The molecule has 1 aliphatic rings. The number of fused-ring (bicyclic) bond motifs is 1. The van der Waals surface area contributed by atoms with E-state index in [0.29, 0.717) is 11.3 Å². The Balaban J connectivity index is 1.71. The molecule has 7 nitrogen and oxygen atoms in total. The van der Waals surface area contributed by atoms with Crippen LogP contribution in [0, 0.1) is 0 Å². The summed E-state index contributed by atoms with van der Waals surface area (Å²) >= 11 is 0. The molecule has 1 saturated heterocycles. The van der Waals surface area contributed by atoms with E-state index in [1.807, 2.05) is 50.2 Å². The van der Waals surface area contributed by atoms with Gasteiger partial charge in [0.25, 0.3) is 11.7 Å². The van der Waals surface area contributed by atoms with Crippen LogP contribution in [0.25, 0.3) is 16.7 Å². The predicted octanol–water partition coefficient (Wildman–Crippen LogP) is 5.32. The minimum absolute atomic E-state index is 0.0634. The molecule has 1 atom stereocenters. The molecule has 182 valence electrons. The molecule has 0 bridgehead atoms. The molecule has 1 aliphatic heterocycles. The van der Waals surface area contributed by atoms with Crippen molar-refractivity contribution in [2.75, 3.05) is 7.11 Å². The fourth-order valence-electron chi connectivity index (χ4n) is 4.86. The Morgan fingerprint density at radius 3 is 2.67 bits per heavy atom. The first-order valence-electron chi connectivity index (χ1n) is 11.8. The van der Waals surface area contributed by atoms with Gasteiger partial charge >= 0.3 is 0 Å². The average Bonchev–Trinajstić information content (AvgIpc) is 3.42. The lowest BCUT2D eigenvalue weighted by atomic mass is 9.93. The van der Waals surface area contributed by atoms with E-state index in [9.17, 15) is 14.7 Å². The summed E-state index contributed by atoms with van der Waals surface area (Å²) in [7, 11) is 1.60. The maximum absolute atomic E-state index is 13.4. The topological polar surface area (TPSA) is 95.5 Å². The lowest BCUT2D eigenvalue weighted by molar-refractivity contribution is -0.140. The van der Waals surface area contributed by atoms with Crippen LogP contribution in [0.15, 0.2) is 78.8 Å². The summed E-state index contributed by atoms with van der Waals surface area (Å²) in [4.78, 5) is 35.7. The first-order chi connectivity index (χ1) is 17.4. The van der Waals surface area contributed by atoms with E-state index in [0.717, 1.165) is 27.6 Å². The molecule has 5 rings (SSSR count). The number of hydrogen-bond donors (Lipinski definition) is 2. The molecular weight excluding hydrogens is 454 g/mol. The number of carbonyl (C=O) groups excluding carboxylic acids is 2. The Morgan fingerprint density at radius 1 is 1.14 bits per heavy atom. The molecule has 1 fully saturated rings. The number of carbonyl (C=O) groups is 2. The fourth-order valence-corrected chi connectivity index (χ4v) is 4.86. The number of aliphatic hydroxyl groups excluding tert-OH is 1. The summed E-state index contributed by atoms with van der Waals surface area (Å²) < 4.78 is 5.48. The number of rotatable bonds is 6. The molecule has 2 aromatic heterocycles. The number of aromatic amines is 1. The van der Waals surface area contributed by atoms with Gasteiger partial charge in [0.1, 0.15) is 11.5 Å². The second-order valence-electron chi connectivity index (χ2n) is 9.19. The lowest BCUT2D eigenvalue weighted by Crippen LogP contribution is -2.29. The molecule has 0 radical (unpaired) electrons. The van der Waals surface area contributed by atoms with Crippen LogP contribution in [0.3, 0.4) is 0 Å². The zero-order valence-electron chi connectivity index (χ0n) is 20.4. The number of methoxy groups -OCH3 is 1. The van der Waals surface area contributed by atoms with Gasteiger partial charge in [0.2, 0.25) is 0 Å². The standard InChI is InChI=1S/C29H27N3O4/c1-17(2)21-13-19(10-11-24(21)36-3)27(33)25-26(22-15-31-23-9-5-4-8-20(22)23)32(29(35)28(25)34)16-18-7-6-12-30-14-18/h4-15,17,26,31,33H,16H2,1-3H3/b27-25+. The molecule has 3 heterocycles.